The highest BCUT2D eigenvalue weighted by Gasteiger charge is 2.35. The van der Waals surface area contributed by atoms with E-state index in [1.165, 1.54) is 0 Å². The van der Waals surface area contributed by atoms with Gasteiger partial charge < -0.3 is 20.1 Å². The number of nitrogens with zero attached hydrogens (tertiary/aromatic N) is 1. The summed E-state index contributed by atoms with van der Waals surface area (Å²) in [6, 6.07) is 18.2. The fourth-order valence-corrected chi connectivity index (χ4v) is 3.98. The summed E-state index contributed by atoms with van der Waals surface area (Å²) >= 11 is 0. The molecule has 0 aromatic heterocycles. The SMILES string of the molecule is O=C(CCN1C(=O)c2ccccc2C1=O)Nc1ccccc1C(=O)Nc1ccc2c(c1)OCCO2. The van der Waals surface area contributed by atoms with Crippen molar-refractivity contribution in [3.8, 4) is 11.5 Å². The second kappa shape index (κ2) is 9.30. The van der Waals surface area contributed by atoms with E-state index in [4.69, 9.17) is 9.47 Å². The van der Waals surface area contributed by atoms with Crippen LogP contribution in [0.5, 0.6) is 11.5 Å². The fraction of sp³-hybridized carbons (Fsp3) is 0.154. The number of amides is 4. The number of para-hydroxylation sites is 1. The number of nitrogens with one attached hydrogen (secondary N) is 2. The van der Waals surface area contributed by atoms with Crippen LogP contribution in [-0.4, -0.2) is 48.3 Å². The Hall–Kier alpha value is -4.66. The number of rotatable bonds is 6. The second-order valence-corrected chi connectivity index (χ2v) is 7.96. The minimum atomic E-state index is -0.430. The molecule has 2 aliphatic heterocycles. The van der Waals surface area contributed by atoms with E-state index < -0.39 is 23.6 Å². The van der Waals surface area contributed by atoms with E-state index in [1.54, 1.807) is 66.7 Å². The standard InChI is InChI=1S/C26H21N3O6/c30-23(11-12-29-25(32)17-5-1-2-6-18(17)26(29)33)28-20-8-4-3-7-19(20)24(31)27-16-9-10-21-22(15-16)35-14-13-34-21/h1-10,15H,11-14H2,(H,27,31)(H,28,30). The minimum absolute atomic E-state index is 0.0657. The molecule has 2 aliphatic rings. The van der Waals surface area contributed by atoms with E-state index >= 15 is 0 Å². The van der Waals surface area contributed by atoms with Gasteiger partial charge in [0.2, 0.25) is 5.91 Å². The number of hydrogen-bond acceptors (Lipinski definition) is 6. The predicted octanol–water partition coefficient (Wildman–Crippen LogP) is 3.33. The lowest BCUT2D eigenvalue weighted by Crippen LogP contribution is -2.33. The number of hydrogen-bond donors (Lipinski definition) is 2. The topological polar surface area (TPSA) is 114 Å². The molecule has 0 fully saturated rings. The zero-order valence-electron chi connectivity index (χ0n) is 18.6. The maximum absolute atomic E-state index is 12.9. The molecule has 3 aromatic rings. The molecule has 35 heavy (non-hydrogen) atoms. The van der Waals surface area contributed by atoms with Gasteiger partial charge in [-0.05, 0) is 36.4 Å². The van der Waals surface area contributed by atoms with Crippen LogP contribution in [-0.2, 0) is 4.79 Å². The van der Waals surface area contributed by atoms with Crippen LogP contribution in [0.15, 0.2) is 66.7 Å². The van der Waals surface area contributed by atoms with E-state index in [9.17, 15) is 19.2 Å². The molecule has 9 heteroatoms. The molecule has 3 aromatic carbocycles. The summed E-state index contributed by atoms with van der Waals surface area (Å²) in [5.74, 6) is -0.530. The number of benzene rings is 3. The van der Waals surface area contributed by atoms with Crippen LogP contribution < -0.4 is 20.1 Å². The molecule has 4 amide bonds. The largest absolute Gasteiger partial charge is 0.486 e. The van der Waals surface area contributed by atoms with Gasteiger partial charge in [0.1, 0.15) is 13.2 Å². The number of anilines is 2. The Morgan fingerprint density at radius 1 is 0.800 bits per heavy atom. The lowest BCUT2D eigenvalue weighted by atomic mass is 10.1. The van der Waals surface area contributed by atoms with Crippen LogP contribution >= 0.6 is 0 Å². The van der Waals surface area contributed by atoms with Crippen molar-refractivity contribution in [1.82, 2.24) is 4.90 Å². The first-order valence-corrected chi connectivity index (χ1v) is 11.1. The number of ether oxygens (including phenoxy) is 2. The van der Waals surface area contributed by atoms with Crippen molar-refractivity contribution >= 4 is 35.0 Å². The fourth-order valence-electron chi connectivity index (χ4n) is 3.98. The molecule has 0 unspecified atom stereocenters. The molecular formula is C26H21N3O6. The molecule has 2 N–H and O–H groups in total. The number of imide groups is 1. The van der Waals surface area contributed by atoms with Crippen molar-refractivity contribution in [2.24, 2.45) is 0 Å². The third-order valence-electron chi connectivity index (χ3n) is 5.69. The lowest BCUT2D eigenvalue weighted by molar-refractivity contribution is -0.116. The Morgan fingerprint density at radius 2 is 1.46 bits per heavy atom. The number of carbonyl (C=O) groups is 4. The van der Waals surface area contributed by atoms with Gasteiger partial charge in [0, 0.05) is 24.7 Å². The van der Waals surface area contributed by atoms with Crippen molar-refractivity contribution < 1.29 is 28.7 Å². The van der Waals surface area contributed by atoms with E-state index in [-0.39, 0.29) is 18.5 Å². The average molecular weight is 471 g/mol. The molecule has 0 bridgehead atoms. The molecule has 0 radical (unpaired) electrons. The summed E-state index contributed by atoms with van der Waals surface area (Å²) in [5, 5.41) is 5.51. The van der Waals surface area contributed by atoms with Gasteiger partial charge in [-0.15, -0.1) is 0 Å². The molecule has 0 spiro atoms. The summed E-state index contributed by atoms with van der Waals surface area (Å²) in [5.41, 5.74) is 1.76. The molecular weight excluding hydrogens is 450 g/mol. The van der Waals surface area contributed by atoms with E-state index in [0.29, 0.717) is 47.2 Å². The van der Waals surface area contributed by atoms with Crippen LogP contribution in [0.4, 0.5) is 11.4 Å². The molecule has 0 saturated carbocycles. The maximum Gasteiger partial charge on any atom is 0.261 e. The van der Waals surface area contributed by atoms with Crippen molar-refractivity contribution in [3.05, 3.63) is 83.4 Å². The number of fused-ring (bicyclic) bond motifs is 2. The van der Waals surface area contributed by atoms with Gasteiger partial charge in [-0.1, -0.05) is 24.3 Å². The van der Waals surface area contributed by atoms with Crippen LogP contribution in [0.2, 0.25) is 0 Å². The summed E-state index contributed by atoms with van der Waals surface area (Å²) in [4.78, 5) is 51.6. The molecule has 5 rings (SSSR count). The summed E-state index contributed by atoms with van der Waals surface area (Å²) in [7, 11) is 0. The number of carbonyl (C=O) groups excluding carboxylic acids is 4. The minimum Gasteiger partial charge on any atom is -0.486 e. The Kier molecular flexibility index (Phi) is 5.88. The van der Waals surface area contributed by atoms with Gasteiger partial charge in [-0.2, -0.15) is 0 Å². The van der Waals surface area contributed by atoms with Gasteiger partial charge >= 0.3 is 0 Å². The maximum atomic E-state index is 12.9. The first-order valence-electron chi connectivity index (χ1n) is 11.1. The second-order valence-electron chi connectivity index (χ2n) is 7.96. The summed E-state index contributed by atoms with van der Waals surface area (Å²) in [6.45, 7) is 0.836. The van der Waals surface area contributed by atoms with Crippen molar-refractivity contribution in [1.29, 1.82) is 0 Å². The third kappa shape index (κ3) is 4.43. The van der Waals surface area contributed by atoms with E-state index in [2.05, 4.69) is 10.6 Å². The smallest absolute Gasteiger partial charge is 0.261 e. The van der Waals surface area contributed by atoms with Crippen LogP contribution in [0.25, 0.3) is 0 Å². The van der Waals surface area contributed by atoms with Gasteiger partial charge in [0.25, 0.3) is 17.7 Å². The Balaban J connectivity index is 1.23. The van der Waals surface area contributed by atoms with Crippen LogP contribution in [0, 0.1) is 0 Å². The molecule has 176 valence electrons. The normalized spacial score (nSPS) is 13.9. The Morgan fingerprint density at radius 3 is 2.20 bits per heavy atom. The van der Waals surface area contributed by atoms with Gasteiger partial charge in [-0.25, -0.2) is 0 Å². The van der Waals surface area contributed by atoms with Crippen molar-refractivity contribution in [3.63, 3.8) is 0 Å². The monoisotopic (exact) mass is 471 g/mol. The zero-order chi connectivity index (χ0) is 24.4. The highest BCUT2D eigenvalue weighted by Crippen LogP contribution is 2.33. The van der Waals surface area contributed by atoms with Gasteiger partial charge in [0.15, 0.2) is 11.5 Å². The first-order chi connectivity index (χ1) is 17.0. The molecule has 0 saturated heterocycles. The van der Waals surface area contributed by atoms with E-state index in [1.807, 2.05) is 0 Å². The third-order valence-corrected chi connectivity index (χ3v) is 5.69. The Labute approximate surface area is 200 Å². The van der Waals surface area contributed by atoms with Gasteiger partial charge in [0.05, 0.1) is 22.4 Å². The van der Waals surface area contributed by atoms with Crippen molar-refractivity contribution in [2.45, 2.75) is 6.42 Å². The quantitative estimate of drug-likeness (QED) is 0.533. The lowest BCUT2D eigenvalue weighted by Gasteiger charge is -2.19. The van der Waals surface area contributed by atoms with Crippen LogP contribution in [0.1, 0.15) is 37.5 Å². The molecule has 9 nitrogen and oxygen atoms in total. The van der Waals surface area contributed by atoms with Crippen molar-refractivity contribution in [2.75, 3.05) is 30.4 Å². The summed E-state index contributed by atoms with van der Waals surface area (Å²) < 4.78 is 11.0. The highest BCUT2D eigenvalue weighted by atomic mass is 16.6. The predicted molar refractivity (Wildman–Crippen MR) is 127 cm³/mol. The van der Waals surface area contributed by atoms with Crippen LogP contribution in [0.3, 0.4) is 0 Å². The molecule has 0 atom stereocenters. The average Bonchev–Trinajstić information content (AvgIpc) is 3.12. The molecule has 2 heterocycles. The Bertz CT molecular complexity index is 1320. The van der Waals surface area contributed by atoms with E-state index in [0.717, 1.165) is 4.90 Å². The molecule has 0 aliphatic carbocycles. The first kappa shape index (κ1) is 22.1. The highest BCUT2D eigenvalue weighted by molar-refractivity contribution is 6.21. The summed E-state index contributed by atoms with van der Waals surface area (Å²) in [6.07, 6.45) is -0.108. The van der Waals surface area contributed by atoms with Gasteiger partial charge in [-0.3, -0.25) is 24.1 Å². The zero-order valence-corrected chi connectivity index (χ0v) is 18.6.